The van der Waals surface area contributed by atoms with E-state index in [1.807, 2.05) is 59.5 Å². The van der Waals surface area contributed by atoms with Crippen molar-refractivity contribution >= 4 is 28.7 Å². The summed E-state index contributed by atoms with van der Waals surface area (Å²) in [6, 6.07) is 21.7. The summed E-state index contributed by atoms with van der Waals surface area (Å²) in [6.07, 6.45) is 0. The topological polar surface area (TPSA) is 115 Å². The number of nitrogens with one attached hydrogen (secondary N) is 3. The van der Waals surface area contributed by atoms with Gasteiger partial charge in [0, 0.05) is 58.3 Å². The van der Waals surface area contributed by atoms with Gasteiger partial charge < -0.3 is 25.3 Å². The molecule has 0 aliphatic carbocycles. The van der Waals surface area contributed by atoms with Crippen LogP contribution in [0.3, 0.4) is 0 Å². The van der Waals surface area contributed by atoms with Gasteiger partial charge in [0.15, 0.2) is 5.82 Å². The molecular weight excluding hydrogens is 506 g/mol. The number of carbonyl (C=O) groups is 2. The van der Waals surface area contributed by atoms with Crippen LogP contribution >= 0.6 is 0 Å². The lowest BCUT2D eigenvalue weighted by atomic mass is 10.2. The quantitative estimate of drug-likeness (QED) is 0.250. The highest BCUT2D eigenvalue weighted by molar-refractivity contribution is 6.00. The van der Waals surface area contributed by atoms with E-state index >= 15 is 0 Å². The number of nitrogens with zero attached hydrogens (tertiary/aromatic N) is 4. The van der Waals surface area contributed by atoms with E-state index in [4.69, 9.17) is 14.7 Å². The lowest BCUT2D eigenvalue weighted by Crippen LogP contribution is -2.49. The Kier molecular flexibility index (Phi) is 9.00. The summed E-state index contributed by atoms with van der Waals surface area (Å²) in [6.45, 7) is 7.44. The van der Waals surface area contributed by atoms with Crippen molar-refractivity contribution in [2.75, 3.05) is 57.7 Å². The van der Waals surface area contributed by atoms with Crippen LogP contribution in [0, 0.1) is 0 Å². The number of H-pyrrole nitrogens is 1. The van der Waals surface area contributed by atoms with Crippen LogP contribution in [0.4, 0.5) is 5.82 Å². The van der Waals surface area contributed by atoms with Crippen LogP contribution in [0.2, 0.25) is 0 Å². The first-order chi connectivity index (χ1) is 19.6. The number of aromatic amines is 1. The molecule has 1 saturated heterocycles. The zero-order valence-electron chi connectivity index (χ0n) is 22.7. The molecule has 2 aromatic carbocycles. The fraction of sp³-hybridized carbons (Fsp3) is 0.333. The Bertz CT molecular complexity index is 1420. The third-order valence-electron chi connectivity index (χ3n) is 6.86. The molecule has 1 aliphatic rings. The van der Waals surface area contributed by atoms with Crippen molar-refractivity contribution in [3.05, 3.63) is 78.0 Å². The number of fused-ring (bicyclic) bond motifs is 1. The molecule has 40 heavy (non-hydrogen) atoms. The Labute approximate surface area is 233 Å². The standard InChI is InChI=1S/C30H35N7O3/c1-22(38)31-12-13-32-28-25-20-26(33-29(25)35-27(34-28)24-10-6-3-7-11-24)30(39)37-16-14-36(15-17-37)18-19-40-21-23-8-4-2-5-9-23/h2-11,20H,12-19,21H2,1H3,(H,31,38)(H2,32,33,34,35). The highest BCUT2D eigenvalue weighted by Gasteiger charge is 2.24. The number of anilines is 1. The van der Waals surface area contributed by atoms with Crippen LogP contribution < -0.4 is 10.6 Å². The van der Waals surface area contributed by atoms with Gasteiger partial charge in [0.1, 0.15) is 17.2 Å². The molecular formula is C30H35N7O3. The molecule has 2 amide bonds. The summed E-state index contributed by atoms with van der Waals surface area (Å²) in [5, 5.41) is 6.81. The Morgan fingerprint density at radius 1 is 0.950 bits per heavy atom. The van der Waals surface area contributed by atoms with E-state index in [-0.39, 0.29) is 11.8 Å². The van der Waals surface area contributed by atoms with Gasteiger partial charge in [-0.25, -0.2) is 9.97 Å². The third kappa shape index (κ3) is 7.02. The molecule has 0 radical (unpaired) electrons. The summed E-state index contributed by atoms with van der Waals surface area (Å²) in [5.74, 6) is 1.03. The lowest BCUT2D eigenvalue weighted by molar-refractivity contribution is -0.118. The van der Waals surface area contributed by atoms with Crippen molar-refractivity contribution < 1.29 is 14.3 Å². The van der Waals surface area contributed by atoms with Crippen LogP contribution in [-0.2, 0) is 16.1 Å². The van der Waals surface area contributed by atoms with E-state index in [0.29, 0.717) is 62.4 Å². The molecule has 10 heteroatoms. The number of rotatable bonds is 11. The average molecular weight is 542 g/mol. The molecule has 2 aromatic heterocycles. The van der Waals surface area contributed by atoms with Crippen molar-refractivity contribution in [1.82, 2.24) is 30.1 Å². The van der Waals surface area contributed by atoms with E-state index in [2.05, 4.69) is 32.7 Å². The van der Waals surface area contributed by atoms with Gasteiger partial charge in [-0.2, -0.15) is 0 Å². The smallest absolute Gasteiger partial charge is 0.270 e. The zero-order chi connectivity index (χ0) is 27.7. The third-order valence-corrected chi connectivity index (χ3v) is 6.86. The number of piperazine rings is 1. The monoisotopic (exact) mass is 541 g/mol. The molecule has 1 aliphatic heterocycles. The minimum Gasteiger partial charge on any atom is -0.375 e. The van der Waals surface area contributed by atoms with E-state index in [1.165, 1.54) is 12.5 Å². The maximum absolute atomic E-state index is 13.4. The summed E-state index contributed by atoms with van der Waals surface area (Å²) in [4.78, 5) is 41.6. The normalized spacial score (nSPS) is 13.9. The number of carbonyl (C=O) groups excluding carboxylic acids is 2. The summed E-state index contributed by atoms with van der Waals surface area (Å²) >= 11 is 0. The Hall–Kier alpha value is -4.28. The van der Waals surface area contributed by atoms with Gasteiger partial charge in [0.25, 0.3) is 5.91 Å². The van der Waals surface area contributed by atoms with Gasteiger partial charge in [-0.3, -0.25) is 14.5 Å². The maximum Gasteiger partial charge on any atom is 0.270 e. The fourth-order valence-electron chi connectivity index (χ4n) is 4.70. The SMILES string of the molecule is CC(=O)NCCNc1nc(-c2ccccc2)nc2[nH]c(C(=O)N3CCN(CCOCc4ccccc4)CC3)cc12. The van der Waals surface area contributed by atoms with Crippen LogP contribution in [-0.4, -0.2) is 89.0 Å². The molecule has 3 heterocycles. The average Bonchev–Trinajstić information content (AvgIpc) is 3.43. The van der Waals surface area contributed by atoms with Gasteiger partial charge in [-0.15, -0.1) is 0 Å². The molecule has 0 bridgehead atoms. The van der Waals surface area contributed by atoms with E-state index in [0.717, 1.165) is 30.6 Å². The number of aromatic nitrogens is 3. The number of amides is 2. The Morgan fingerprint density at radius 3 is 2.40 bits per heavy atom. The van der Waals surface area contributed by atoms with Gasteiger partial charge in [-0.05, 0) is 11.6 Å². The predicted molar refractivity (Wildman–Crippen MR) is 155 cm³/mol. The summed E-state index contributed by atoms with van der Waals surface area (Å²) in [5.41, 5.74) is 3.12. The van der Waals surface area contributed by atoms with Crippen LogP contribution in [0.15, 0.2) is 66.7 Å². The molecule has 10 nitrogen and oxygen atoms in total. The summed E-state index contributed by atoms with van der Waals surface area (Å²) < 4.78 is 5.83. The first kappa shape index (κ1) is 27.3. The molecule has 0 spiro atoms. The molecule has 0 unspecified atom stereocenters. The van der Waals surface area contributed by atoms with Gasteiger partial charge in [0.2, 0.25) is 5.91 Å². The highest BCUT2D eigenvalue weighted by atomic mass is 16.5. The first-order valence-electron chi connectivity index (χ1n) is 13.6. The van der Waals surface area contributed by atoms with E-state index < -0.39 is 0 Å². The highest BCUT2D eigenvalue weighted by Crippen LogP contribution is 2.26. The zero-order valence-corrected chi connectivity index (χ0v) is 22.7. The van der Waals surface area contributed by atoms with Gasteiger partial charge in [-0.1, -0.05) is 60.7 Å². The van der Waals surface area contributed by atoms with Crippen LogP contribution in [0.5, 0.6) is 0 Å². The number of ether oxygens (including phenoxy) is 1. The molecule has 1 fully saturated rings. The van der Waals surface area contributed by atoms with E-state index in [1.54, 1.807) is 0 Å². The first-order valence-corrected chi connectivity index (χ1v) is 13.6. The lowest BCUT2D eigenvalue weighted by Gasteiger charge is -2.34. The second-order valence-corrected chi connectivity index (χ2v) is 9.79. The van der Waals surface area contributed by atoms with Crippen molar-refractivity contribution in [2.24, 2.45) is 0 Å². The second-order valence-electron chi connectivity index (χ2n) is 9.79. The fourth-order valence-corrected chi connectivity index (χ4v) is 4.70. The number of benzene rings is 2. The Morgan fingerprint density at radius 2 is 1.68 bits per heavy atom. The molecule has 0 atom stereocenters. The van der Waals surface area contributed by atoms with Crippen LogP contribution in [0.1, 0.15) is 23.0 Å². The maximum atomic E-state index is 13.4. The van der Waals surface area contributed by atoms with E-state index in [9.17, 15) is 9.59 Å². The minimum atomic E-state index is -0.0889. The van der Waals surface area contributed by atoms with Gasteiger partial charge in [0.05, 0.1) is 18.6 Å². The van der Waals surface area contributed by atoms with Gasteiger partial charge >= 0.3 is 0 Å². The Balaban J connectivity index is 1.22. The van der Waals surface area contributed by atoms with Crippen molar-refractivity contribution in [1.29, 1.82) is 0 Å². The molecule has 5 rings (SSSR count). The number of hydrogen-bond acceptors (Lipinski definition) is 7. The van der Waals surface area contributed by atoms with Crippen molar-refractivity contribution in [3.63, 3.8) is 0 Å². The molecule has 3 N–H and O–H groups in total. The largest absolute Gasteiger partial charge is 0.375 e. The van der Waals surface area contributed by atoms with Crippen molar-refractivity contribution in [2.45, 2.75) is 13.5 Å². The van der Waals surface area contributed by atoms with Crippen molar-refractivity contribution in [3.8, 4) is 11.4 Å². The summed E-state index contributed by atoms with van der Waals surface area (Å²) in [7, 11) is 0. The molecule has 0 saturated carbocycles. The predicted octanol–water partition coefficient (Wildman–Crippen LogP) is 3.15. The van der Waals surface area contributed by atoms with Crippen LogP contribution in [0.25, 0.3) is 22.4 Å². The molecule has 4 aromatic rings. The molecule has 208 valence electrons. The number of hydrogen-bond donors (Lipinski definition) is 3. The minimum absolute atomic E-state index is 0.0524. The second kappa shape index (κ2) is 13.2.